The smallest absolute Gasteiger partial charge is 0.444 e. The van der Waals surface area contributed by atoms with Crippen molar-refractivity contribution >= 4 is 50.0 Å². The summed E-state index contributed by atoms with van der Waals surface area (Å²) in [5.74, 6) is -0.972. The Morgan fingerprint density at radius 2 is 1.73 bits per heavy atom. The zero-order chi connectivity index (χ0) is 44.2. The number of non-ortho nitro benzene ring substituents is 1. The van der Waals surface area contributed by atoms with E-state index in [2.05, 4.69) is 15.4 Å². The third-order valence-electron chi connectivity index (χ3n) is 10.3. The second kappa shape index (κ2) is 15.6. The molecule has 320 valence electrons. The SMILES string of the molecule is Cn1cc(-c2c(-c3cccc(COC(=O)Oc4ccc([N+](=O)[O-])cc4)c3)c3c(ncc4c3n(C3CC(NC(=O)OC(C)(C)C)C3)c(=O)n4C)n2S(=O)(=O)c2ccccc2)c(F)n1. The summed E-state index contributed by atoms with van der Waals surface area (Å²) in [4.78, 5) is 54.6. The number of nitrogens with one attached hydrogen (secondary N) is 1. The van der Waals surface area contributed by atoms with Crippen LogP contribution in [0, 0.1) is 16.1 Å². The number of fused-ring (bicyclic) bond motifs is 3. The third-order valence-corrected chi connectivity index (χ3v) is 12.0. The fourth-order valence-electron chi connectivity index (χ4n) is 7.57. The molecule has 18 nitrogen and oxygen atoms in total. The maximum Gasteiger partial charge on any atom is 0.514 e. The molecule has 1 amide bonds. The van der Waals surface area contributed by atoms with Crippen molar-refractivity contribution < 1.29 is 41.5 Å². The van der Waals surface area contributed by atoms with E-state index < -0.39 is 50.5 Å². The number of ether oxygens (including phenoxy) is 3. The first-order chi connectivity index (χ1) is 29.4. The van der Waals surface area contributed by atoms with Gasteiger partial charge in [-0.1, -0.05) is 36.4 Å². The van der Waals surface area contributed by atoms with Crippen LogP contribution in [-0.2, 0) is 40.2 Å². The number of nitro groups is 1. The van der Waals surface area contributed by atoms with E-state index in [1.165, 1.54) is 65.1 Å². The molecular formula is C42H39FN8O10S. The number of imidazole rings is 1. The van der Waals surface area contributed by atoms with Crippen molar-refractivity contribution in [1.82, 2.24) is 33.2 Å². The first kappa shape index (κ1) is 41.4. The number of pyridine rings is 1. The molecule has 1 saturated carbocycles. The monoisotopic (exact) mass is 866 g/mol. The van der Waals surface area contributed by atoms with E-state index in [0.29, 0.717) is 35.0 Å². The molecule has 0 unspecified atom stereocenters. The van der Waals surface area contributed by atoms with Gasteiger partial charge in [0, 0.05) is 50.1 Å². The molecule has 3 aromatic carbocycles. The fraction of sp³-hybridized carbons (Fsp3) is 0.262. The molecule has 7 aromatic rings. The second-order valence-electron chi connectivity index (χ2n) is 15.8. The van der Waals surface area contributed by atoms with Crippen molar-refractivity contribution in [2.75, 3.05) is 0 Å². The topological polar surface area (TPSA) is 214 Å². The molecule has 4 heterocycles. The average molecular weight is 867 g/mol. The van der Waals surface area contributed by atoms with Crippen LogP contribution in [0.1, 0.15) is 45.2 Å². The maximum atomic E-state index is 16.2. The summed E-state index contributed by atoms with van der Waals surface area (Å²) in [6.07, 6.45) is 1.72. The molecule has 1 aliphatic carbocycles. The lowest BCUT2D eigenvalue weighted by molar-refractivity contribution is -0.384. The van der Waals surface area contributed by atoms with Gasteiger partial charge in [0.15, 0.2) is 5.65 Å². The van der Waals surface area contributed by atoms with Crippen LogP contribution in [0.25, 0.3) is 44.5 Å². The van der Waals surface area contributed by atoms with E-state index >= 15 is 4.39 Å². The number of hydrogen-bond acceptors (Lipinski definition) is 12. The Morgan fingerprint density at radius 1 is 1.02 bits per heavy atom. The lowest BCUT2D eigenvalue weighted by Gasteiger charge is -2.36. The van der Waals surface area contributed by atoms with Crippen LogP contribution >= 0.6 is 0 Å². The van der Waals surface area contributed by atoms with Crippen molar-refractivity contribution in [3.63, 3.8) is 0 Å². The summed E-state index contributed by atoms with van der Waals surface area (Å²) in [5.41, 5.74) is -0.166. The van der Waals surface area contributed by atoms with Gasteiger partial charge in [-0.15, -0.1) is 5.10 Å². The Bertz CT molecular complexity index is 3090. The predicted octanol–water partition coefficient (Wildman–Crippen LogP) is 6.99. The van der Waals surface area contributed by atoms with Gasteiger partial charge in [0.2, 0.25) is 5.95 Å². The highest BCUT2D eigenvalue weighted by molar-refractivity contribution is 7.90. The molecule has 20 heteroatoms. The number of carbonyl (C=O) groups excluding carboxylic acids is 2. The number of halogens is 1. The molecular weight excluding hydrogens is 828 g/mol. The number of hydrogen-bond donors (Lipinski definition) is 1. The molecule has 0 atom stereocenters. The molecule has 1 aliphatic rings. The summed E-state index contributed by atoms with van der Waals surface area (Å²) in [6.45, 7) is 4.91. The fourth-order valence-corrected chi connectivity index (χ4v) is 9.08. The summed E-state index contributed by atoms with van der Waals surface area (Å²) in [7, 11) is -1.52. The van der Waals surface area contributed by atoms with Gasteiger partial charge in [0.1, 0.15) is 18.0 Å². The molecule has 0 saturated heterocycles. The van der Waals surface area contributed by atoms with E-state index in [1.54, 1.807) is 74.9 Å². The lowest BCUT2D eigenvalue weighted by atomic mass is 9.86. The van der Waals surface area contributed by atoms with Crippen LogP contribution in [0.15, 0.2) is 101 Å². The summed E-state index contributed by atoms with van der Waals surface area (Å²) in [5, 5.41) is 18.0. The van der Waals surface area contributed by atoms with E-state index in [9.17, 15) is 32.9 Å². The number of aryl methyl sites for hydroxylation is 2. The standard InChI is InChI=1S/C42H39FN8O10S/c1-42(2,3)61-39(52)45-26-19-28(20-26)49-36-32(48(5)40(49)53)21-44-38-34(36)33(35(31-22-47(4)46-37(31)43)50(38)62(57,58)30-12-7-6-8-13-30)25-11-9-10-24(18-25)23-59-41(54)60-29-16-14-27(15-17-29)51(55)56/h6-18,21-22,26,28H,19-20,23H2,1-5H3,(H,45,52). The zero-order valence-corrected chi connectivity index (χ0v) is 34.8. The summed E-state index contributed by atoms with van der Waals surface area (Å²) < 4.78 is 67.2. The molecule has 1 fully saturated rings. The molecule has 0 spiro atoms. The van der Waals surface area contributed by atoms with Gasteiger partial charge in [-0.3, -0.25) is 23.9 Å². The van der Waals surface area contributed by atoms with E-state index in [1.807, 2.05) is 0 Å². The Balaban J connectivity index is 1.31. The predicted molar refractivity (Wildman–Crippen MR) is 222 cm³/mol. The van der Waals surface area contributed by atoms with Crippen LogP contribution < -0.4 is 15.7 Å². The van der Waals surface area contributed by atoms with Crippen LogP contribution in [0.4, 0.5) is 19.7 Å². The maximum absolute atomic E-state index is 16.2. The normalized spacial score (nSPS) is 15.3. The summed E-state index contributed by atoms with van der Waals surface area (Å²) in [6, 6.07) is 18.2. The quantitative estimate of drug-likeness (QED) is 0.0638. The average Bonchev–Trinajstić information content (AvgIpc) is 3.82. The Labute approximate surface area is 352 Å². The lowest BCUT2D eigenvalue weighted by Crippen LogP contribution is -2.48. The van der Waals surface area contributed by atoms with Crippen molar-refractivity contribution in [2.24, 2.45) is 14.1 Å². The number of benzene rings is 3. The Hall–Kier alpha value is -7.35. The van der Waals surface area contributed by atoms with E-state index in [4.69, 9.17) is 14.2 Å². The Kier molecular flexibility index (Phi) is 10.4. The van der Waals surface area contributed by atoms with Crippen LogP contribution in [0.5, 0.6) is 5.75 Å². The second-order valence-corrected chi connectivity index (χ2v) is 17.6. The van der Waals surface area contributed by atoms with Crippen molar-refractivity contribution in [3.05, 3.63) is 123 Å². The van der Waals surface area contributed by atoms with Crippen LogP contribution in [0.3, 0.4) is 0 Å². The van der Waals surface area contributed by atoms with Gasteiger partial charge in [-0.05, 0) is 75.1 Å². The minimum atomic E-state index is -4.57. The molecule has 4 aromatic heterocycles. The highest BCUT2D eigenvalue weighted by Crippen LogP contribution is 2.47. The van der Waals surface area contributed by atoms with Crippen LogP contribution in [0.2, 0.25) is 0 Å². The van der Waals surface area contributed by atoms with Gasteiger partial charge in [0.05, 0.1) is 43.7 Å². The summed E-state index contributed by atoms with van der Waals surface area (Å²) >= 11 is 0. The number of rotatable bonds is 10. The number of carbonyl (C=O) groups is 2. The minimum absolute atomic E-state index is 0.00811. The van der Waals surface area contributed by atoms with Gasteiger partial charge in [-0.25, -0.2) is 31.8 Å². The van der Waals surface area contributed by atoms with Gasteiger partial charge < -0.3 is 19.5 Å². The Morgan fingerprint density at radius 3 is 2.37 bits per heavy atom. The molecule has 1 N–H and O–H groups in total. The molecule has 0 aliphatic heterocycles. The van der Waals surface area contributed by atoms with Gasteiger partial charge in [-0.2, -0.15) is 4.39 Å². The van der Waals surface area contributed by atoms with E-state index in [-0.39, 0.29) is 56.8 Å². The first-order valence-corrected chi connectivity index (χ1v) is 20.7. The molecule has 62 heavy (non-hydrogen) atoms. The minimum Gasteiger partial charge on any atom is -0.444 e. The van der Waals surface area contributed by atoms with E-state index in [0.717, 1.165) is 3.97 Å². The first-order valence-electron chi connectivity index (χ1n) is 19.2. The molecule has 8 rings (SSSR count). The highest BCUT2D eigenvalue weighted by atomic mass is 32.2. The number of aromatic nitrogens is 6. The zero-order valence-electron chi connectivity index (χ0n) is 33.9. The molecule has 0 bridgehead atoms. The van der Waals surface area contributed by atoms with Gasteiger partial charge in [0.25, 0.3) is 15.7 Å². The van der Waals surface area contributed by atoms with Crippen molar-refractivity contribution in [3.8, 4) is 28.1 Å². The third kappa shape index (κ3) is 7.63. The molecule has 0 radical (unpaired) electrons. The van der Waals surface area contributed by atoms with Crippen LogP contribution in [-0.4, -0.2) is 65.1 Å². The number of amides is 1. The number of alkyl carbamates (subject to hydrolysis) is 1. The van der Waals surface area contributed by atoms with Gasteiger partial charge >= 0.3 is 17.9 Å². The number of nitro benzene ring substituents is 1. The largest absolute Gasteiger partial charge is 0.514 e. The van der Waals surface area contributed by atoms with Crippen molar-refractivity contribution in [1.29, 1.82) is 0 Å². The van der Waals surface area contributed by atoms with Crippen molar-refractivity contribution in [2.45, 2.75) is 62.8 Å². The number of nitrogens with zero attached hydrogens (tertiary/aromatic N) is 7. The highest BCUT2D eigenvalue weighted by Gasteiger charge is 2.38.